The minimum absolute atomic E-state index is 0.242. The Hall–Kier alpha value is -1.61. The molecule has 0 aliphatic heterocycles. The highest BCUT2D eigenvalue weighted by Gasteiger charge is 2.15. The SMILES string of the molecule is COCC(O)CN(C)c1cc(C#N)ccc1[C@@H](C)O. The van der Waals surface area contributed by atoms with Gasteiger partial charge in [-0.2, -0.15) is 5.26 Å². The number of nitriles is 1. The summed E-state index contributed by atoms with van der Waals surface area (Å²) in [5.74, 6) is 0. The van der Waals surface area contributed by atoms with Crippen LogP contribution in [0.5, 0.6) is 0 Å². The van der Waals surface area contributed by atoms with E-state index < -0.39 is 12.2 Å². The van der Waals surface area contributed by atoms with Crippen molar-refractivity contribution in [2.45, 2.75) is 19.1 Å². The Bertz CT molecular complexity index is 454. The van der Waals surface area contributed by atoms with Crippen molar-refractivity contribution in [2.75, 3.05) is 32.2 Å². The first-order valence-corrected chi connectivity index (χ1v) is 6.09. The third-order valence-corrected chi connectivity index (χ3v) is 2.86. The summed E-state index contributed by atoms with van der Waals surface area (Å²) in [5, 5.41) is 28.4. The van der Waals surface area contributed by atoms with Gasteiger partial charge in [0.25, 0.3) is 0 Å². The van der Waals surface area contributed by atoms with Gasteiger partial charge in [-0.1, -0.05) is 6.07 Å². The average molecular weight is 264 g/mol. The lowest BCUT2D eigenvalue weighted by atomic mass is 10.0. The Kier molecular flexibility index (Phi) is 5.77. The number of aliphatic hydroxyl groups excluding tert-OH is 2. The highest BCUT2D eigenvalue weighted by Crippen LogP contribution is 2.27. The van der Waals surface area contributed by atoms with Crippen molar-refractivity contribution in [3.05, 3.63) is 29.3 Å². The molecule has 0 radical (unpaired) electrons. The minimum atomic E-state index is -0.634. The lowest BCUT2D eigenvalue weighted by molar-refractivity contribution is 0.0694. The zero-order valence-electron chi connectivity index (χ0n) is 11.5. The van der Waals surface area contributed by atoms with Crippen molar-refractivity contribution < 1.29 is 14.9 Å². The standard InChI is InChI=1S/C14H20N2O3/c1-10(17)13-5-4-11(7-15)6-14(13)16(2)8-12(18)9-19-3/h4-6,10,12,17-18H,8-9H2,1-3H3/t10-,12?/m1/s1. The molecule has 19 heavy (non-hydrogen) atoms. The molecule has 0 aliphatic rings. The molecule has 1 aromatic carbocycles. The van der Waals surface area contributed by atoms with Gasteiger partial charge >= 0.3 is 0 Å². The maximum absolute atomic E-state index is 9.76. The lowest BCUT2D eigenvalue weighted by Gasteiger charge is -2.26. The Morgan fingerprint density at radius 1 is 1.42 bits per heavy atom. The summed E-state index contributed by atoms with van der Waals surface area (Å²) in [4.78, 5) is 1.81. The smallest absolute Gasteiger partial charge is 0.0992 e. The van der Waals surface area contributed by atoms with Crippen LogP contribution in [-0.2, 0) is 4.74 Å². The first-order chi connectivity index (χ1) is 8.99. The molecule has 0 fully saturated rings. The van der Waals surface area contributed by atoms with Crippen LogP contribution in [0.3, 0.4) is 0 Å². The fraction of sp³-hybridized carbons (Fsp3) is 0.500. The molecular weight excluding hydrogens is 244 g/mol. The van der Waals surface area contributed by atoms with Crippen molar-refractivity contribution in [1.29, 1.82) is 5.26 Å². The fourth-order valence-electron chi connectivity index (χ4n) is 1.96. The molecule has 0 saturated carbocycles. The molecule has 5 heteroatoms. The maximum Gasteiger partial charge on any atom is 0.0992 e. The number of nitrogens with zero attached hydrogens (tertiary/aromatic N) is 2. The van der Waals surface area contributed by atoms with E-state index in [1.807, 2.05) is 4.90 Å². The number of hydrogen-bond donors (Lipinski definition) is 2. The molecule has 1 aromatic rings. The molecule has 0 bridgehead atoms. The second kappa shape index (κ2) is 7.10. The van der Waals surface area contributed by atoms with E-state index in [2.05, 4.69) is 6.07 Å². The number of hydrogen-bond acceptors (Lipinski definition) is 5. The Balaban J connectivity index is 2.99. The highest BCUT2D eigenvalue weighted by atomic mass is 16.5. The van der Waals surface area contributed by atoms with Gasteiger partial charge in [0.15, 0.2) is 0 Å². The van der Waals surface area contributed by atoms with Crippen molar-refractivity contribution in [1.82, 2.24) is 0 Å². The van der Waals surface area contributed by atoms with Gasteiger partial charge in [-0.3, -0.25) is 0 Å². The lowest BCUT2D eigenvalue weighted by Crippen LogP contribution is -2.32. The molecular formula is C14H20N2O3. The molecule has 104 valence electrons. The summed E-state index contributed by atoms with van der Waals surface area (Å²) < 4.78 is 4.88. The topological polar surface area (TPSA) is 76.7 Å². The summed E-state index contributed by atoms with van der Waals surface area (Å²) in [7, 11) is 3.34. The van der Waals surface area contributed by atoms with Crippen molar-refractivity contribution >= 4 is 5.69 Å². The Morgan fingerprint density at radius 3 is 2.63 bits per heavy atom. The fourth-order valence-corrected chi connectivity index (χ4v) is 1.96. The van der Waals surface area contributed by atoms with Crippen LogP contribution in [0, 0.1) is 11.3 Å². The van der Waals surface area contributed by atoms with Crippen LogP contribution in [0.25, 0.3) is 0 Å². The van der Waals surface area contributed by atoms with Crippen LogP contribution in [0.15, 0.2) is 18.2 Å². The van der Waals surface area contributed by atoms with E-state index in [9.17, 15) is 10.2 Å². The van der Waals surface area contributed by atoms with E-state index in [0.717, 1.165) is 11.3 Å². The van der Waals surface area contributed by atoms with Crippen LogP contribution in [0.1, 0.15) is 24.2 Å². The summed E-state index contributed by atoms with van der Waals surface area (Å²) in [6.07, 6.45) is -1.26. The molecule has 0 aliphatic carbocycles. The van der Waals surface area contributed by atoms with Crippen LogP contribution in [0.2, 0.25) is 0 Å². The molecule has 5 nitrogen and oxygen atoms in total. The van der Waals surface area contributed by atoms with E-state index in [4.69, 9.17) is 10.00 Å². The molecule has 0 spiro atoms. The van der Waals surface area contributed by atoms with Crippen LogP contribution in [0.4, 0.5) is 5.69 Å². The third kappa shape index (κ3) is 4.21. The molecule has 0 aromatic heterocycles. The van der Waals surface area contributed by atoms with Crippen LogP contribution >= 0.6 is 0 Å². The van der Waals surface area contributed by atoms with Crippen molar-refractivity contribution in [3.63, 3.8) is 0 Å². The van der Waals surface area contributed by atoms with Gasteiger partial charge in [-0.15, -0.1) is 0 Å². The van der Waals surface area contributed by atoms with Gasteiger partial charge in [0.2, 0.25) is 0 Å². The molecule has 0 saturated heterocycles. The third-order valence-electron chi connectivity index (χ3n) is 2.86. The molecule has 0 amide bonds. The van der Waals surface area contributed by atoms with Gasteiger partial charge in [-0.05, 0) is 19.1 Å². The largest absolute Gasteiger partial charge is 0.389 e. The average Bonchev–Trinajstić information content (AvgIpc) is 2.37. The summed E-state index contributed by atoms with van der Waals surface area (Å²) in [5.41, 5.74) is 1.99. The van der Waals surface area contributed by atoms with Crippen molar-refractivity contribution in [2.24, 2.45) is 0 Å². The molecule has 1 rings (SSSR count). The van der Waals surface area contributed by atoms with Crippen molar-refractivity contribution in [3.8, 4) is 6.07 Å². The van der Waals surface area contributed by atoms with Gasteiger partial charge in [0, 0.05) is 32.0 Å². The molecule has 0 heterocycles. The second-order valence-corrected chi connectivity index (χ2v) is 4.55. The molecule has 2 atom stereocenters. The summed E-state index contributed by atoms with van der Waals surface area (Å²) in [6, 6.07) is 7.19. The van der Waals surface area contributed by atoms with E-state index in [1.54, 1.807) is 32.2 Å². The normalized spacial score (nSPS) is 13.7. The summed E-state index contributed by atoms with van der Waals surface area (Å²) in [6.45, 7) is 2.28. The number of likely N-dealkylation sites (N-methyl/N-ethyl adjacent to an activating group) is 1. The Morgan fingerprint density at radius 2 is 2.11 bits per heavy atom. The monoisotopic (exact) mass is 264 g/mol. The molecule has 2 N–H and O–H groups in total. The molecule has 1 unspecified atom stereocenters. The Labute approximate surface area is 113 Å². The van der Waals surface area contributed by atoms with Gasteiger partial charge in [-0.25, -0.2) is 0 Å². The zero-order valence-corrected chi connectivity index (χ0v) is 11.5. The number of ether oxygens (including phenoxy) is 1. The quantitative estimate of drug-likeness (QED) is 0.803. The highest BCUT2D eigenvalue weighted by molar-refractivity contribution is 5.58. The van der Waals surface area contributed by atoms with Gasteiger partial charge < -0.3 is 19.8 Å². The van der Waals surface area contributed by atoms with E-state index in [-0.39, 0.29) is 6.61 Å². The minimum Gasteiger partial charge on any atom is -0.389 e. The van der Waals surface area contributed by atoms with E-state index in [1.165, 1.54) is 7.11 Å². The second-order valence-electron chi connectivity index (χ2n) is 4.55. The summed E-state index contributed by atoms with van der Waals surface area (Å²) >= 11 is 0. The number of rotatable bonds is 6. The number of anilines is 1. The van der Waals surface area contributed by atoms with Crippen LogP contribution < -0.4 is 4.90 Å². The number of methoxy groups -OCH3 is 1. The maximum atomic E-state index is 9.76. The first-order valence-electron chi connectivity index (χ1n) is 6.09. The van der Waals surface area contributed by atoms with Gasteiger partial charge in [0.05, 0.1) is 30.4 Å². The first kappa shape index (κ1) is 15.4. The zero-order chi connectivity index (χ0) is 14.4. The van der Waals surface area contributed by atoms with E-state index in [0.29, 0.717) is 12.1 Å². The number of aliphatic hydroxyl groups is 2. The predicted molar refractivity (Wildman–Crippen MR) is 72.9 cm³/mol. The van der Waals surface area contributed by atoms with Gasteiger partial charge in [0.1, 0.15) is 0 Å². The number of benzene rings is 1. The predicted octanol–water partition coefficient (Wildman–Crippen LogP) is 1.06. The van der Waals surface area contributed by atoms with Crippen LogP contribution in [-0.4, -0.2) is 43.6 Å². The van der Waals surface area contributed by atoms with E-state index >= 15 is 0 Å².